The molecule has 0 bridgehead atoms. The lowest BCUT2D eigenvalue weighted by Gasteiger charge is -2.08. The second-order valence-corrected chi connectivity index (χ2v) is 7.13. The molecule has 0 amide bonds. The van der Waals surface area contributed by atoms with Crippen LogP contribution in [0.15, 0.2) is 54.0 Å². The molecule has 108 valence electrons. The van der Waals surface area contributed by atoms with Crippen LogP contribution in [0.1, 0.15) is 22.7 Å². The number of hydrogen-bond acceptors (Lipinski definition) is 4. The van der Waals surface area contributed by atoms with Gasteiger partial charge in [-0.2, -0.15) is 0 Å². The van der Waals surface area contributed by atoms with Crippen LogP contribution < -0.4 is 5.32 Å². The topological polar surface area (TPSA) is 24.9 Å². The summed E-state index contributed by atoms with van der Waals surface area (Å²) in [4.78, 5) is 7.08. The summed E-state index contributed by atoms with van der Waals surface area (Å²) in [5.41, 5.74) is 1.30. The number of thiazole rings is 1. The highest BCUT2D eigenvalue weighted by Gasteiger charge is 2.08. The van der Waals surface area contributed by atoms with Gasteiger partial charge in [0.2, 0.25) is 0 Å². The van der Waals surface area contributed by atoms with Crippen LogP contribution in [0, 0.1) is 0 Å². The van der Waals surface area contributed by atoms with Crippen LogP contribution >= 0.6 is 22.7 Å². The van der Waals surface area contributed by atoms with E-state index < -0.39 is 0 Å². The van der Waals surface area contributed by atoms with E-state index in [2.05, 4.69) is 59.7 Å². The molecule has 1 aromatic carbocycles. The number of aromatic nitrogens is 1. The number of benzene rings is 1. The first-order chi connectivity index (χ1) is 10.3. The van der Waals surface area contributed by atoms with Gasteiger partial charge in [0.1, 0.15) is 0 Å². The van der Waals surface area contributed by atoms with Crippen LogP contribution in [0.2, 0.25) is 0 Å². The Kier molecular flexibility index (Phi) is 4.80. The van der Waals surface area contributed by atoms with Gasteiger partial charge in [0.05, 0.1) is 5.01 Å². The van der Waals surface area contributed by atoms with Crippen molar-refractivity contribution in [1.29, 1.82) is 0 Å². The molecule has 0 radical (unpaired) electrons. The van der Waals surface area contributed by atoms with Crippen molar-refractivity contribution in [2.75, 3.05) is 6.54 Å². The maximum absolute atomic E-state index is 4.37. The Morgan fingerprint density at radius 3 is 2.76 bits per heavy atom. The number of thiophene rings is 1. The molecule has 0 aliphatic carbocycles. The SMILES string of the molecule is CC(CNCc1ccc(-c2ccccc2)s1)c1nccs1. The van der Waals surface area contributed by atoms with E-state index in [1.807, 2.05) is 22.9 Å². The smallest absolute Gasteiger partial charge is 0.0965 e. The molecule has 2 aromatic heterocycles. The molecule has 1 unspecified atom stereocenters. The summed E-state index contributed by atoms with van der Waals surface area (Å²) in [6.45, 7) is 4.11. The van der Waals surface area contributed by atoms with Crippen molar-refractivity contribution in [2.24, 2.45) is 0 Å². The Balaban J connectivity index is 1.54. The molecule has 4 heteroatoms. The minimum absolute atomic E-state index is 0.471. The largest absolute Gasteiger partial charge is 0.311 e. The molecule has 0 saturated carbocycles. The van der Waals surface area contributed by atoms with E-state index in [0.29, 0.717) is 5.92 Å². The van der Waals surface area contributed by atoms with Crippen molar-refractivity contribution >= 4 is 22.7 Å². The third-order valence-corrected chi connectivity index (χ3v) is 5.48. The Morgan fingerprint density at radius 2 is 2.00 bits per heavy atom. The van der Waals surface area contributed by atoms with E-state index in [0.717, 1.165) is 13.1 Å². The molecular formula is C17H18N2S2. The highest BCUT2D eigenvalue weighted by Crippen LogP contribution is 2.27. The zero-order valence-corrected chi connectivity index (χ0v) is 13.6. The number of nitrogens with zero attached hydrogens (tertiary/aromatic N) is 1. The fourth-order valence-electron chi connectivity index (χ4n) is 2.21. The molecule has 2 heterocycles. The van der Waals surface area contributed by atoms with Gasteiger partial charge in [-0.15, -0.1) is 22.7 Å². The fourth-order valence-corrected chi connectivity index (χ4v) is 3.89. The molecule has 3 rings (SSSR count). The van der Waals surface area contributed by atoms with Crippen molar-refractivity contribution in [1.82, 2.24) is 10.3 Å². The monoisotopic (exact) mass is 314 g/mol. The maximum Gasteiger partial charge on any atom is 0.0965 e. The summed E-state index contributed by atoms with van der Waals surface area (Å²) in [7, 11) is 0. The highest BCUT2D eigenvalue weighted by atomic mass is 32.1. The van der Waals surface area contributed by atoms with Gasteiger partial charge in [-0.3, -0.25) is 0 Å². The minimum atomic E-state index is 0.471. The predicted octanol–water partition coefficient (Wildman–Crippen LogP) is 4.76. The van der Waals surface area contributed by atoms with Crippen molar-refractivity contribution in [2.45, 2.75) is 19.4 Å². The summed E-state index contributed by atoms with van der Waals surface area (Å²) < 4.78 is 0. The van der Waals surface area contributed by atoms with Gasteiger partial charge in [0, 0.05) is 40.3 Å². The third-order valence-electron chi connectivity index (χ3n) is 3.34. The van der Waals surface area contributed by atoms with Crippen molar-refractivity contribution in [3.05, 3.63) is 63.9 Å². The summed E-state index contributed by atoms with van der Waals surface area (Å²) in [5, 5.41) is 6.78. The predicted molar refractivity (Wildman–Crippen MR) is 92.0 cm³/mol. The lowest BCUT2D eigenvalue weighted by Crippen LogP contribution is -2.18. The first kappa shape index (κ1) is 14.4. The van der Waals surface area contributed by atoms with Gasteiger partial charge in [0.25, 0.3) is 0 Å². The number of hydrogen-bond donors (Lipinski definition) is 1. The average molecular weight is 314 g/mol. The average Bonchev–Trinajstić information content (AvgIpc) is 3.20. The van der Waals surface area contributed by atoms with E-state index in [-0.39, 0.29) is 0 Å². The Hall–Kier alpha value is -1.49. The van der Waals surface area contributed by atoms with Crippen molar-refractivity contribution in [3.8, 4) is 10.4 Å². The Morgan fingerprint density at radius 1 is 1.14 bits per heavy atom. The van der Waals surface area contributed by atoms with Gasteiger partial charge in [-0.05, 0) is 17.7 Å². The van der Waals surface area contributed by atoms with E-state index >= 15 is 0 Å². The van der Waals surface area contributed by atoms with Crippen LogP contribution in [0.3, 0.4) is 0 Å². The van der Waals surface area contributed by atoms with Gasteiger partial charge >= 0.3 is 0 Å². The second kappa shape index (κ2) is 6.98. The van der Waals surface area contributed by atoms with Crippen molar-refractivity contribution in [3.63, 3.8) is 0 Å². The summed E-state index contributed by atoms with van der Waals surface area (Å²) in [6.07, 6.45) is 1.88. The van der Waals surface area contributed by atoms with Crippen LogP contribution in [0.25, 0.3) is 10.4 Å². The lowest BCUT2D eigenvalue weighted by molar-refractivity contribution is 0.616. The van der Waals surface area contributed by atoms with Crippen LogP contribution in [0.4, 0.5) is 0 Å². The van der Waals surface area contributed by atoms with Gasteiger partial charge in [-0.1, -0.05) is 37.3 Å². The van der Waals surface area contributed by atoms with Crippen LogP contribution in [-0.2, 0) is 6.54 Å². The molecule has 0 spiro atoms. The van der Waals surface area contributed by atoms with Gasteiger partial charge in [0.15, 0.2) is 0 Å². The summed E-state index contributed by atoms with van der Waals surface area (Å²) in [6, 6.07) is 15.0. The lowest BCUT2D eigenvalue weighted by atomic mass is 10.2. The number of rotatable bonds is 6. The molecule has 0 aliphatic heterocycles. The van der Waals surface area contributed by atoms with E-state index in [9.17, 15) is 0 Å². The summed E-state index contributed by atoms with van der Waals surface area (Å²) >= 11 is 3.59. The first-order valence-electron chi connectivity index (χ1n) is 7.07. The second-order valence-electron chi connectivity index (χ2n) is 5.03. The molecule has 1 atom stereocenters. The zero-order chi connectivity index (χ0) is 14.5. The normalized spacial score (nSPS) is 12.4. The first-order valence-corrected chi connectivity index (χ1v) is 8.77. The standard InChI is InChI=1S/C17H18N2S2/c1-13(17-19-9-10-20-17)11-18-12-15-7-8-16(21-15)14-5-3-2-4-6-14/h2-10,13,18H,11-12H2,1H3. The zero-order valence-electron chi connectivity index (χ0n) is 12.0. The fraction of sp³-hybridized carbons (Fsp3) is 0.235. The highest BCUT2D eigenvalue weighted by molar-refractivity contribution is 7.15. The molecule has 0 aliphatic rings. The maximum atomic E-state index is 4.37. The molecule has 21 heavy (non-hydrogen) atoms. The summed E-state index contributed by atoms with van der Waals surface area (Å²) in [5.74, 6) is 0.471. The third kappa shape index (κ3) is 3.79. The van der Waals surface area contributed by atoms with Crippen LogP contribution in [-0.4, -0.2) is 11.5 Å². The molecule has 1 N–H and O–H groups in total. The molecule has 0 fully saturated rings. The minimum Gasteiger partial charge on any atom is -0.311 e. The quantitative estimate of drug-likeness (QED) is 0.709. The number of nitrogens with one attached hydrogen (secondary N) is 1. The molecule has 0 saturated heterocycles. The van der Waals surface area contributed by atoms with E-state index in [4.69, 9.17) is 0 Å². The molecular weight excluding hydrogens is 296 g/mol. The molecule has 3 aromatic rings. The van der Waals surface area contributed by atoms with E-state index in [1.54, 1.807) is 11.3 Å². The molecule has 2 nitrogen and oxygen atoms in total. The van der Waals surface area contributed by atoms with E-state index in [1.165, 1.54) is 20.3 Å². The van der Waals surface area contributed by atoms with Gasteiger partial charge in [-0.25, -0.2) is 4.98 Å². The van der Waals surface area contributed by atoms with Crippen molar-refractivity contribution < 1.29 is 0 Å². The Bertz CT molecular complexity index is 659. The van der Waals surface area contributed by atoms with Gasteiger partial charge < -0.3 is 5.32 Å². The Labute approximate surface area is 133 Å². The van der Waals surface area contributed by atoms with Crippen LogP contribution in [0.5, 0.6) is 0 Å².